The van der Waals surface area contributed by atoms with Crippen LogP contribution in [0, 0.1) is 0 Å². The van der Waals surface area contributed by atoms with Crippen molar-refractivity contribution in [2.24, 2.45) is 0 Å². The van der Waals surface area contributed by atoms with Crippen molar-refractivity contribution in [3.8, 4) is 17.0 Å². The van der Waals surface area contributed by atoms with Gasteiger partial charge in [-0.1, -0.05) is 6.07 Å². The summed E-state index contributed by atoms with van der Waals surface area (Å²) < 4.78 is 5.41. The number of likely N-dealkylation sites (N-methyl/N-ethyl adjacent to an activating group) is 1. The maximum Gasteiger partial charge on any atom is 0.256 e. The molecular weight excluding hydrogens is 404 g/mol. The fourth-order valence-electron chi connectivity index (χ4n) is 5.32. The molecule has 2 saturated heterocycles. The van der Waals surface area contributed by atoms with Gasteiger partial charge in [0, 0.05) is 48.5 Å². The predicted molar refractivity (Wildman–Crippen MR) is 122 cm³/mol. The molecule has 0 aliphatic carbocycles. The Morgan fingerprint density at radius 1 is 1.09 bits per heavy atom. The highest BCUT2D eigenvalue weighted by molar-refractivity contribution is 6.02. The third kappa shape index (κ3) is 2.94. The molecule has 6 rings (SSSR count). The number of hydrogen-bond acceptors (Lipinski definition) is 6. The van der Waals surface area contributed by atoms with Crippen LogP contribution in [0.3, 0.4) is 0 Å². The Morgan fingerprint density at radius 2 is 1.91 bits per heavy atom. The van der Waals surface area contributed by atoms with E-state index >= 15 is 0 Å². The Hall–Kier alpha value is -3.52. The van der Waals surface area contributed by atoms with Crippen molar-refractivity contribution in [1.29, 1.82) is 0 Å². The molecule has 4 aromatic rings. The van der Waals surface area contributed by atoms with E-state index in [4.69, 9.17) is 4.74 Å². The molecule has 0 radical (unpaired) electrons. The Kier molecular flexibility index (Phi) is 4.36. The first-order valence-corrected chi connectivity index (χ1v) is 10.9. The number of carbonyl (C=O) groups is 1. The summed E-state index contributed by atoms with van der Waals surface area (Å²) >= 11 is 0. The largest absolute Gasteiger partial charge is 0.480 e. The number of methoxy groups -OCH3 is 1. The highest BCUT2D eigenvalue weighted by atomic mass is 16.5. The summed E-state index contributed by atoms with van der Waals surface area (Å²) in [4.78, 5) is 34.2. The molecule has 2 fully saturated rings. The topological polar surface area (TPSA) is 87.2 Å². The van der Waals surface area contributed by atoms with Crippen LogP contribution < -0.4 is 4.74 Å². The molecule has 2 atom stereocenters. The summed E-state index contributed by atoms with van der Waals surface area (Å²) in [5, 5.41) is 1.77. The van der Waals surface area contributed by atoms with E-state index in [1.54, 1.807) is 13.3 Å². The number of nitrogens with zero attached hydrogens (tertiary/aromatic N) is 5. The second-order valence-electron chi connectivity index (χ2n) is 8.76. The average Bonchev–Trinajstić information content (AvgIpc) is 3.36. The van der Waals surface area contributed by atoms with E-state index in [0.29, 0.717) is 23.5 Å². The number of pyridine rings is 1. The zero-order chi connectivity index (χ0) is 21.8. The molecule has 0 saturated carbocycles. The number of nitrogens with one attached hydrogen (secondary N) is 1. The number of hydrogen-bond donors (Lipinski definition) is 1. The Labute approximate surface area is 185 Å². The van der Waals surface area contributed by atoms with E-state index in [1.807, 2.05) is 30.5 Å². The molecule has 5 heterocycles. The molecule has 2 aliphatic rings. The molecule has 1 N–H and O–H groups in total. The Bertz CT molecular complexity index is 1340. The smallest absolute Gasteiger partial charge is 0.256 e. The number of benzene rings is 1. The van der Waals surface area contributed by atoms with Gasteiger partial charge in [0.2, 0.25) is 5.88 Å². The number of fused-ring (bicyclic) bond motifs is 4. The highest BCUT2D eigenvalue weighted by Gasteiger charge is 2.41. The van der Waals surface area contributed by atoms with Crippen molar-refractivity contribution in [1.82, 2.24) is 29.7 Å². The number of likely N-dealkylation sites (tertiary alicyclic amines) is 1. The number of piperazine rings is 1. The molecule has 8 heteroatoms. The lowest BCUT2D eigenvalue weighted by molar-refractivity contribution is 0.0472. The first-order chi connectivity index (χ1) is 15.6. The van der Waals surface area contributed by atoms with Gasteiger partial charge >= 0.3 is 0 Å². The van der Waals surface area contributed by atoms with Gasteiger partial charge in [0.05, 0.1) is 23.6 Å². The normalized spacial score (nSPS) is 20.9. The molecule has 8 nitrogen and oxygen atoms in total. The molecule has 2 bridgehead atoms. The fraction of sp³-hybridized carbons (Fsp3) is 0.333. The average molecular weight is 428 g/mol. The minimum atomic E-state index is 0.0840. The summed E-state index contributed by atoms with van der Waals surface area (Å²) in [6.07, 6.45) is 7.28. The summed E-state index contributed by atoms with van der Waals surface area (Å²) in [7, 11) is 3.74. The Balaban J connectivity index is 1.41. The maximum absolute atomic E-state index is 13.5. The van der Waals surface area contributed by atoms with Crippen LogP contribution in [-0.4, -0.2) is 75.0 Å². The number of ether oxygens (including phenoxy) is 1. The van der Waals surface area contributed by atoms with Crippen LogP contribution >= 0.6 is 0 Å². The first kappa shape index (κ1) is 19.2. The third-order valence-electron chi connectivity index (χ3n) is 6.78. The van der Waals surface area contributed by atoms with Gasteiger partial charge in [-0.25, -0.2) is 15.0 Å². The fourth-order valence-corrected chi connectivity index (χ4v) is 5.32. The number of carbonyl (C=O) groups excluding carboxylic acids is 1. The molecule has 1 amide bonds. The van der Waals surface area contributed by atoms with Crippen LogP contribution in [0.25, 0.3) is 33.1 Å². The van der Waals surface area contributed by atoms with E-state index in [1.165, 1.54) is 6.33 Å². The summed E-state index contributed by atoms with van der Waals surface area (Å²) in [5.74, 6) is 0.622. The first-order valence-electron chi connectivity index (χ1n) is 10.9. The van der Waals surface area contributed by atoms with Crippen molar-refractivity contribution < 1.29 is 9.53 Å². The van der Waals surface area contributed by atoms with Crippen LogP contribution in [0.2, 0.25) is 0 Å². The van der Waals surface area contributed by atoms with E-state index in [0.717, 1.165) is 59.0 Å². The van der Waals surface area contributed by atoms with Crippen molar-refractivity contribution in [3.63, 3.8) is 0 Å². The molecule has 2 aliphatic heterocycles. The number of amides is 1. The standard InChI is InChI=1S/C24H24N6O2/c1-29-11-16-4-5-17(12-29)30(16)24(31)15-8-18-20(10-26-22(18)25-9-15)14-3-6-21-19(7-14)23(32-2)28-13-27-21/h3,6-10,13,16-17H,4-5,11-12H2,1-2H3,(H,25,26). The number of H-pyrrole nitrogens is 1. The second-order valence-corrected chi connectivity index (χ2v) is 8.76. The monoisotopic (exact) mass is 428 g/mol. The van der Waals surface area contributed by atoms with E-state index in [-0.39, 0.29) is 5.91 Å². The van der Waals surface area contributed by atoms with Gasteiger partial charge in [-0.05, 0) is 43.7 Å². The van der Waals surface area contributed by atoms with Gasteiger partial charge in [-0.15, -0.1) is 0 Å². The highest BCUT2D eigenvalue weighted by Crippen LogP contribution is 2.34. The van der Waals surface area contributed by atoms with Crippen LogP contribution in [0.4, 0.5) is 0 Å². The van der Waals surface area contributed by atoms with Crippen molar-refractivity contribution in [2.45, 2.75) is 24.9 Å². The summed E-state index contributed by atoms with van der Waals surface area (Å²) in [5.41, 5.74) is 4.19. The Morgan fingerprint density at radius 3 is 2.69 bits per heavy atom. The van der Waals surface area contributed by atoms with Crippen molar-refractivity contribution in [2.75, 3.05) is 27.2 Å². The second kappa shape index (κ2) is 7.27. The lowest BCUT2D eigenvalue weighted by Gasteiger charge is -2.39. The van der Waals surface area contributed by atoms with Gasteiger partial charge in [-0.3, -0.25) is 4.79 Å². The molecular formula is C24H24N6O2. The SMILES string of the molecule is COc1ncnc2ccc(-c3c[nH]c4ncc(C(=O)N5C6CCC5CN(C)C6)cc34)cc12. The lowest BCUT2D eigenvalue weighted by Crippen LogP contribution is -2.54. The van der Waals surface area contributed by atoms with Gasteiger partial charge in [0.15, 0.2) is 0 Å². The summed E-state index contributed by atoms with van der Waals surface area (Å²) in [6, 6.07) is 8.55. The van der Waals surface area contributed by atoms with Crippen LogP contribution in [-0.2, 0) is 0 Å². The molecule has 32 heavy (non-hydrogen) atoms. The van der Waals surface area contributed by atoms with E-state index < -0.39 is 0 Å². The van der Waals surface area contributed by atoms with E-state index in [9.17, 15) is 4.79 Å². The predicted octanol–water partition coefficient (Wildman–Crippen LogP) is 3.10. The van der Waals surface area contributed by atoms with Gasteiger partial charge in [0.25, 0.3) is 5.91 Å². The number of aromatic nitrogens is 4. The van der Waals surface area contributed by atoms with Crippen molar-refractivity contribution in [3.05, 3.63) is 48.5 Å². The van der Waals surface area contributed by atoms with Gasteiger partial charge in [-0.2, -0.15) is 0 Å². The van der Waals surface area contributed by atoms with Gasteiger partial charge in [0.1, 0.15) is 12.0 Å². The van der Waals surface area contributed by atoms with Gasteiger partial charge < -0.3 is 19.5 Å². The molecule has 0 spiro atoms. The molecule has 3 aromatic heterocycles. The maximum atomic E-state index is 13.5. The van der Waals surface area contributed by atoms with Crippen LogP contribution in [0.5, 0.6) is 5.88 Å². The minimum Gasteiger partial charge on any atom is -0.480 e. The number of aromatic amines is 1. The summed E-state index contributed by atoms with van der Waals surface area (Å²) in [6.45, 7) is 1.88. The van der Waals surface area contributed by atoms with Crippen LogP contribution in [0.1, 0.15) is 23.2 Å². The minimum absolute atomic E-state index is 0.0840. The van der Waals surface area contributed by atoms with Crippen molar-refractivity contribution >= 4 is 27.8 Å². The zero-order valence-electron chi connectivity index (χ0n) is 18.1. The van der Waals surface area contributed by atoms with E-state index in [2.05, 4.69) is 36.8 Å². The lowest BCUT2D eigenvalue weighted by atomic mass is 10.0. The molecule has 162 valence electrons. The number of rotatable bonds is 3. The quantitative estimate of drug-likeness (QED) is 0.540. The molecule has 1 aromatic carbocycles. The van der Waals surface area contributed by atoms with Crippen LogP contribution in [0.15, 0.2) is 43.0 Å². The zero-order valence-corrected chi connectivity index (χ0v) is 18.1. The molecule has 2 unspecified atom stereocenters. The third-order valence-corrected chi connectivity index (χ3v) is 6.78.